The van der Waals surface area contributed by atoms with E-state index in [-0.39, 0.29) is 0 Å². The second kappa shape index (κ2) is 9.53. The number of pyridine rings is 1. The molecule has 3 heterocycles. The SMILES string of the molecule is CCCSOONc1ccc(C)c(Nc2ncccc2-c2ncnc3nc[nH]c23)c1. The summed E-state index contributed by atoms with van der Waals surface area (Å²) in [6, 6.07) is 9.64. The number of rotatable bonds is 9. The lowest BCUT2D eigenvalue weighted by Crippen LogP contribution is -2.02. The Bertz CT molecular complexity index is 1140. The third kappa shape index (κ3) is 4.51. The van der Waals surface area contributed by atoms with Gasteiger partial charge in [0.25, 0.3) is 0 Å². The first kappa shape index (κ1) is 20.1. The van der Waals surface area contributed by atoms with Crippen LogP contribution in [-0.2, 0) is 9.32 Å². The van der Waals surface area contributed by atoms with E-state index in [9.17, 15) is 0 Å². The summed E-state index contributed by atoms with van der Waals surface area (Å²) in [6.45, 7) is 4.09. The fourth-order valence-electron chi connectivity index (χ4n) is 2.82. The van der Waals surface area contributed by atoms with Crippen molar-refractivity contribution >= 4 is 40.4 Å². The first-order valence-corrected chi connectivity index (χ1v) is 10.4. The van der Waals surface area contributed by atoms with E-state index in [0.29, 0.717) is 11.5 Å². The third-order valence-corrected chi connectivity index (χ3v) is 5.04. The lowest BCUT2D eigenvalue weighted by Gasteiger charge is -2.14. The van der Waals surface area contributed by atoms with Crippen LogP contribution in [0.2, 0.25) is 0 Å². The summed E-state index contributed by atoms with van der Waals surface area (Å²) >= 11 is 1.25. The Labute approximate surface area is 177 Å². The van der Waals surface area contributed by atoms with Gasteiger partial charge in [0.15, 0.2) is 5.65 Å². The van der Waals surface area contributed by atoms with Gasteiger partial charge >= 0.3 is 0 Å². The van der Waals surface area contributed by atoms with E-state index >= 15 is 0 Å². The van der Waals surface area contributed by atoms with Crippen molar-refractivity contribution in [3.63, 3.8) is 0 Å². The quantitative estimate of drug-likeness (QED) is 0.151. The molecule has 30 heavy (non-hydrogen) atoms. The van der Waals surface area contributed by atoms with Gasteiger partial charge < -0.3 is 10.3 Å². The van der Waals surface area contributed by atoms with E-state index < -0.39 is 0 Å². The molecule has 154 valence electrons. The van der Waals surface area contributed by atoms with E-state index in [4.69, 9.17) is 9.32 Å². The molecule has 0 atom stereocenters. The molecular weight excluding hydrogens is 402 g/mol. The lowest BCUT2D eigenvalue weighted by atomic mass is 10.1. The Balaban J connectivity index is 1.58. The molecule has 0 radical (unpaired) electrons. The highest BCUT2D eigenvalue weighted by molar-refractivity contribution is 7.94. The molecule has 0 aliphatic rings. The molecule has 0 bridgehead atoms. The number of hydrogen-bond acceptors (Lipinski definition) is 9. The van der Waals surface area contributed by atoms with Crippen molar-refractivity contribution in [1.29, 1.82) is 0 Å². The molecule has 0 aliphatic heterocycles. The second-order valence-corrected chi connectivity index (χ2v) is 7.23. The summed E-state index contributed by atoms with van der Waals surface area (Å²) in [5, 5.41) is 3.40. The molecule has 0 saturated carbocycles. The van der Waals surface area contributed by atoms with Gasteiger partial charge in [-0.3, -0.25) is 0 Å². The number of hydrogen-bond donors (Lipinski definition) is 3. The van der Waals surface area contributed by atoms with E-state index in [0.717, 1.165) is 45.9 Å². The van der Waals surface area contributed by atoms with Gasteiger partial charge in [-0.2, -0.15) is 0 Å². The number of aryl methyl sites for hydroxylation is 1. The number of nitrogens with zero attached hydrogens (tertiary/aromatic N) is 4. The molecule has 9 nitrogen and oxygen atoms in total. The number of imidazole rings is 1. The largest absolute Gasteiger partial charge is 0.341 e. The van der Waals surface area contributed by atoms with Crippen LogP contribution in [0.5, 0.6) is 0 Å². The standard InChI is InChI=1S/C20H21N7O2S/c1-3-9-30-29-28-27-14-7-6-13(2)16(10-14)26-19-15(5-4-8-21-19)17-18-20(24-11-22-17)25-12-23-18/h4-8,10-12,27H,3,9H2,1-2H3,(H,21,26)(H,22,23,24,25). The number of anilines is 3. The number of nitrogens with one attached hydrogen (secondary N) is 3. The summed E-state index contributed by atoms with van der Waals surface area (Å²) in [7, 11) is 0. The minimum Gasteiger partial charge on any atom is -0.341 e. The summed E-state index contributed by atoms with van der Waals surface area (Å²) < 4.78 is 5.03. The van der Waals surface area contributed by atoms with Crippen LogP contribution in [0.3, 0.4) is 0 Å². The maximum atomic E-state index is 5.04. The van der Waals surface area contributed by atoms with Crippen molar-refractivity contribution in [2.24, 2.45) is 0 Å². The number of aromatic nitrogens is 5. The molecule has 3 N–H and O–H groups in total. The molecule has 0 fully saturated rings. The van der Waals surface area contributed by atoms with Gasteiger partial charge in [0.05, 0.1) is 12.0 Å². The molecule has 0 spiro atoms. The Morgan fingerprint density at radius 3 is 2.97 bits per heavy atom. The first-order valence-electron chi connectivity index (χ1n) is 9.44. The Morgan fingerprint density at radius 1 is 1.13 bits per heavy atom. The maximum Gasteiger partial charge on any atom is 0.181 e. The fraction of sp³-hybridized carbons (Fsp3) is 0.200. The molecule has 0 amide bonds. The highest BCUT2D eigenvalue weighted by Gasteiger charge is 2.14. The molecule has 0 aliphatic carbocycles. The highest BCUT2D eigenvalue weighted by atomic mass is 32.2. The molecule has 1 aromatic carbocycles. The molecule has 4 rings (SSSR count). The number of benzene rings is 1. The van der Waals surface area contributed by atoms with Crippen LogP contribution in [0.4, 0.5) is 17.2 Å². The minimum atomic E-state index is 0.607. The van der Waals surface area contributed by atoms with E-state index in [1.165, 1.54) is 18.4 Å². The smallest absolute Gasteiger partial charge is 0.181 e. The van der Waals surface area contributed by atoms with Gasteiger partial charge in [-0.25, -0.2) is 25.4 Å². The van der Waals surface area contributed by atoms with E-state index in [1.54, 1.807) is 12.5 Å². The zero-order valence-corrected chi connectivity index (χ0v) is 17.4. The van der Waals surface area contributed by atoms with Crippen LogP contribution >= 0.6 is 12.0 Å². The van der Waals surface area contributed by atoms with Crippen LogP contribution in [0.25, 0.3) is 22.4 Å². The highest BCUT2D eigenvalue weighted by Crippen LogP contribution is 2.32. The van der Waals surface area contributed by atoms with Crippen LogP contribution in [0.1, 0.15) is 18.9 Å². The zero-order valence-electron chi connectivity index (χ0n) is 16.5. The van der Waals surface area contributed by atoms with Crippen LogP contribution in [0, 0.1) is 6.92 Å². The molecular formula is C20H21N7O2S. The zero-order chi connectivity index (χ0) is 20.8. The van der Waals surface area contributed by atoms with Gasteiger partial charge in [0.2, 0.25) is 0 Å². The van der Waals surface area contributed by atoms with Gasteiger partial charge in [0.1, 0.15) is 23.4 Å². The fourth-order valence-corrected chi connectivity index (χ4v) is 3.14. The van der Waals surface area contributed by atoms with Crippen molar-refractivity contribution in [2.75, 3.05) is 16.5 Å². The number of fused-ring (bicyclic) bond motifs is 1. The van der Waals surface area contributed by atoms with Gasteiger partial charge in [-0.1, -0.05) is 13.0 Å². The van der Waals surface area contributed by atoms with Crippen molar-refractivity contribution < 1.29 is 9.32 Å². The average Bonchev–Trinajstić information content (AvgIpc) is 3.25. The molecule has 3 aromatic heterocycles. The summed E-state index contributed by atoms with van der Waals surface area (Å²) in [6.07, 6.45) is 5.85. The molecule has 10 heteroatoms. The minimum absolute atomic E-state index is 0.607. The van der Waals surface area contributed by atoms with Crippen molar-refractivity contribution in [1.82, 2.24) is 24.9 Å². The van der Waals surface area contributed by atoms with Crippen LogP contribution < -0.4 is 10.8 Å². The maximum absolute atomic E-state index is 5.04. The Morgan fingerprint density at radius 2 is 2.07 bits per heavy atom. The second-order valence-electron chi connectivity index (χ2n) is 6.45. The normalized spacial score (nSPS) is 11.0. The molecule has 4 aromatic rings. The van der Waals surface area contributed by atoms with E-state index in [1.807, 2.05) is 37.3 Å². The Kier molecular flexibility index (Phi) is 6.38. The van der Waals surface area contributed by atoms with Gasteiger partial charge in [0, 0.05) is 35.2 Å². The molecule has 0 saturated heterocycles. The number of H-pyrrole nitrogens is 1. The monoisotopic (exact) mass is 423 g/mol. The predicted octanol–water partition coefficient (Wildman–Crippen LogP) is 4.80. The molecule has 0 unspecified atom stereocenters. The number of aromatic amines is 1. The average molecular weight is 424 g/mol. The van der Waals surface area contributed by atoms with Gasteiger partial charge in [-0.15, -0.1) is 9.32 Å². The van der Waals surface area contributed by atoms with Crippen molar-refractivity contribution in [2.45, 2.75) is 20.3 Å². The van der Waals surface area contributed by atoms with Crippen LogP contribution in [0.15, 0.2) is 49.2 Å². The lowest BCUT2D eigenvalue weighted by molar-refractivity contribution is -0.160. The van der Waals surface area contributed by atoms with Gasteiger partial charge in [-0.05, 0) is 43.2 Å². The van der Waals surface area contributed by atoms with Crippen molar-refractivity contribution in [3.8, 4) is 11.3 Å². The van der Waals surface area contributed by atoms with Crippen molar-refractivity contribution in [3.05, 3.63) is 54.7 Å². The van der Waals surface area contributed by atoms with Crippen LogP contribution in [-0.4, -0.2) is 30.7 Å². The summed E-state index contributed by atoms with van der Waals surface area (Å²) in [5.41, 5.74) is 8.39. The topological polar surface area (TPSA) is 110 Å². The van der Waals surface area contributed by atoms with E-state index in [2.05, 4.69) is 42.6 Å². The Hall–Kier alpha value is -3.21. The first-order chi connectivity index (χ1) is 14.8. The third-order valence-electron chi connectivity index (χ3n) is 4.31. The predicted molar refractivity (Wildman–Crippen MR) is 118 cm³/mol. The summed E-state index contributed by atoms with van der Waals surface area (Å²) in [4.78, 5) is 25.5. The summed E-state index contributed by atoms with van der Waals surface area (Å²) in [5.74, 6) is 1.53.